The highest BCUT2D eigenvalue weighted by Gasteiger charge is 2.41. The first kappa shape index (κ1) is 28.5. The zero-order valence-corrected chi connectivity index (χ0v) is 23.2. The summed E-state index contributed by atoms with van der Waals surface area (Å²) in [4.78, 5) is 24.2. The van der Waals surface area contributed by atoms with Gasteiger partial charge in [0.25, 0.3) is 19.0 Å². The minimum Gasteiger partial charge on any atom is -0.379 e. The minimum atomic E-state index is -3.83. The van der Waals surface area contributed by atoms with E-state index in [0.717, 1.165) is 0 Å². The van der Waals surface area contributed by atoms with Gasteiger partial charge in [-0.2, -0.15) is 10.4 Å². The number of benzene rings is 2. The second-order valence-corrected chi connectivity index (χ2v) is 11.8. The Morgan fingerprint density at radius 1 is 1.26 bits per heavy atom. The van der Waals surface area contributed by atoms with Gasteiger partial charge in [-0.25, -0.2) is 9.35 Å². The van der Waals surface area contributed by atoms with Crippen LogP contribution in [0.4, 0.5) is 17.2 Å². The second-order valence-electron chi connectivity index (χ2n) is 8.55. The number of nitrogens with one attached hydrogen (secondary N) is 2. The smallest absolute Gasteiger partial charge is 0.272 e. The van der Waals surface area contributed by atoms with Gasteiger partial charge >= 0.3 is 0 Å². The number of non-ortho nitro benzene ring substituents is 1. The lowest BCUT2D eigenvalue weighted by Gasteiger charge is -2.35. The molecule has 1 saturated heterocycles. The summed E-state index contributed by atoms with van der Waals surface area (Å²) in [6.07, 6.45) is 0.0747. The Morgan fingerprint density at radius 3 is 2.67 bits per heavy atom. The van der Waals surface area contributed by atoms with E-state index in [1.807, 2.05) is 6.07 Å². The fourth-order valence-corrected chi connectivity index (χ4v) is 7.38. The van der Waals surface area contributed by atoms with Crippen molar-refractivity contribution in [2.24, 2.45) is 0 Å². The molecule has 0 saturated carbocycles. The molecule has 1 amide bonds. The van der Waals surface area contributed by atoms with Crippen LogP contribution in [0.1, 0.15) is 22.5 Å². The number of rotatable bonds is 9. The number of nitrogens with zero attached hydrogens (tertiary/aromatic N) is 5. The Morgan fingerprint density at radius 2 is 2.00 bits per heavy atom. The van der Waals surface area contributed by atoms with Gasteiger partial charge in [0.1, 0.15) is 11.1 Å². The lowest BCUT2D eigenvalue weighted by atomic mass is 10.2. The van der Waals surface area contributed by atoms with Gasteiger partial charge in [-0.3, -0.25) is 19.5 Å². The summed E-state index contributed by atoms with van der Waals surface area (Å²) in [6, 6.07) is 12.1. The van der Waals surface area contributed by atoms with E-state index in [4.69, 9.17) is 27.9 Å². The lowest BCUT2D eigenvalue weighted by molar-refractivity contribution is -0.384. The normalized spacial score (nSPS) is 15.2. The molecule has 1 aliphatic heterocycles. The number of halogens is 2. The molecule has 15 heteroatoms. The van der Waals surface area contributed by atoms with E-state index in [1.54, 1.807) is 17.7 Å². The molecule has 204 valence electrons. The number of nitriles is 1. The molecule has 1 unspecified atom stereocenters. The van der Waals surface area contributed by atoms with Crippen LogP contribution < -0.4 is 15.7 Å². The summed E-state index contributed by atoms with van der Waals surface area (Å²) in [5.74, 6) is -0.480. The molecule has 4 rings (SSSR count). The first-order chi connectivity index (χ1) is 18.6. The number of carbonyl (C=O) groups is 1. The maximum Gasteiger partial charge on any atom is 0.272 e. The highest BCUT2D eigenvalue weighted by Crippen LogP contribution is 2.51. The number of aryl methyl sites for hydroxylation is 2. The van der Waals surface area contributed by atoms with Crippen molar-refractivity contribution in [2.45, 2.75) is 19.9 Å². The van der Waals surface area contributed by atoms with E-state index in [-0.39, 0.29) is 46.0 Å². The third-order valence-electron chi connectivity index (χ3n) is 5.97. The maximum atomic E-state index is 15.1. The SMILES string of the molecule is Cc1nn(CCC#N)c(NC(=O)c2ccc(Cl)cc2Cl)c1P(=O)(Nc1cccc([N+](=O)[O-])c1)N1CCOCC1. The summed E-state index contributed by atoms with van der Waals surface area (Å²) < 4.78 is 23.6. The molecule has 0 spiro atoms. The monoisotopic (exact) mass is 591 g/mol. The summed E-state index contributed by atoms with van der Waals surface area (Å²) in [5.41, 5.74) is 0.547. The number of anilines is 2. The molecule has 2 heterocycles. The van der Waals surface area contributed by atoms with E-state index in [1.165, 1.54) is 41.1 Å². The number of amides is 1. The molecule has 1 aromatic heterocycles. The Hall–Kier alpha value is -3.46. The van der Waals surface area contributed by atoms with Crippen molar-refractivity contribution in [2.75, 3.05) is 36.7 Å². The zero-order valence-electron chi connectivity index (χ0n) is 20.8. The number of nitro benzene ring substituents is 1. The summed E-state index contributed by atoms with van der Waals surface area (Å²) >= 11 is 12.2. The predicted molar refractivity (Wildman–Crippen MR) is 148 cm³/mol. The van der Waals surface area contributed by atoms with Gasteiger partial charge in [-0.05, 0) is 31.2 Å². The third-order valence-corrected chi connectivity index (χ3v) is 9.41. The van der Waals surface area contributed by atoms with Gasteiger partial charge in [-0.1, -0.05) is 29.3 Å². The van der Waals surface area contributed by atoms with Crippen LogP contribution in [0.15, 0.2) is 42.5 Å². The van der Waals surface area contributed by atoms with Crippen molar-refractivity contribution < 1.29 is 19.0 Å². The van der Waals surface area contributed by atoms with Crippen molar-refractivity contribution in [3.63, 3.8) is 0 Å². The Kier molecular flexibility index (Phi) is 8.90. The summed E-state index contributed by atoms with van der Waals surface area (Å²) in [7, 11) is -3.83. The molecule has 1 aliphatic rings. The first-order valence-electron chi connectivity index (χ1n) is 11.8. The molecular weight excluding hydrogens is 568 g/mol. The summed E-state index contributed by atoms with van der Waals surface area (Å²) in [6.45, 7) is 2.96. The van der Waals surface area contributed by atoms with Gasteiger partial charge in [0.05, 0.1) is 53.5 Å². The van der Waals surface area contributed by atoms with Crippen molar-refractivity contribution >= 4 is 59.0 Å². The molecule has 1 fully saturated rings. The number of carbonyl (C=O) groups excluding carboxylic acids is 1. The van der Waals surface area contributed by atoms with Gasteiger partial charge in [-0.15, -0.1) is 0 Å². The van der Waals surface area contributed by atoms with E-state index in [0.29, 0.717) is 37.0 Å². The number of nitro groups is 1. The Labute approximate surface area is 234 Å². The average molecular weight is 592 g/mol. The molecule has 2 aromatic carbocycles. The highest BCUT2D eigenvalue weighted by molar-refractivity contribution is 7.71. The highest BCUT2D eigenvalue weighted by atomic mass is 35.5. The predicted octanol–water partition coefficient (Wildman–Crippen LogP) is 4.84. The number of aromatic nitrogens is 2. The van der Waals surface area contributed by atoms with Gasteiger partial charge in [0, 0.05) is 35.9 Å². The van der Waals surface area contributed by atoms with E-state index < -0.39 is 18.3 Å². The van der Waals surface area contributed by atoms with Crippen molar-refractivity contribution in [3.05, 3.63) is 73.9 Å². The first-order valence-corrected chi connectivity index (χ1v) is 14.2. The fraction of sp³-hybridized carbons (Fsp3) is 0.292. The van der Waals surface area contributed by atoms with Crippen LogP contribution in [0, 0.1) is 28.4 Å². The molecule has 39 heavy (non-hydrogen) atoms. The standard InChI is InChI=1S/C24H24Cl2N7O5P/c1-16-22(23(32(29-16)9-3-8-27)28-24(34)20-7-6-17(25)14-21(20)26)39(37,31-10-12-38-13-11-31)30-18-4-2-5-19(15-18)33(35)36/h2,4-7,14-15H,3,9-13H2,1H3,(H,28,34)(H,30,37). The van der Waals surface area contributed by atoms with Gasteiger partial charge in [0.15, 0.2) is 0 Å². The van der Waals surface area contributed by atoms with Crippen LogP contribution in [0.3, 0.4) is 0 Å². The minimum absolute atomic E-state index is 0.0747. The number of hydrogen-bond donors (Lipinski definition) is 2. The van der Waals surface area contributed by atoms with Crippen molar-refractivity contribution in [1.82, 2.24) is 14.5 Å². The molecule has 0 bridgehead atoms. The average Bonchev–Trinajstić information content (AvgIpc) is 3.22. The van der Waals surface area contributed by atoms with Gasteiger partial charge in [0.2, 0.25) is 0 Å². The molecule has 0 aliphatic carbocycles. The van der Waals surface area contributed by atoms with Crippen LogP contribution in [-0.2, 0) is 15.8 Å². The molecule has 0 radical (unpaired) electrons. The van der Waals surface area contributed by atoms with Crippen molar-refractivity contribution in [1.29, 1.82) is 5.26 Å². The Balaban J connectivity index is 1.85. The van der Waals surface area contributed by atoms with Crippen molar-refractivity contribution in [3.8, 4) is 6.07 Å². The van der Waals surface area contributed by atoms with Gasteiger partial charge < -0.3 is 15.1 Å². The summed E-state index contributed by atoms with van der Waals surface area (Å²) in [5, 5.41) is 31.6. The van der Waals surface area contributed by atoms with Crippen LogP contribution in [0.5, 0.6) is 0 Å². The van der Waals surface area contributed by atoms with Crippen LogP contribution >= 0.6 is 30.6 Å². The number of hydrogen-bond acceptors (Lipinski definition) is 7. The molecule has 3 aromatic rings. The largest absolute Gasteiger partial charge is 0.379 e. The Bertz CT molecular complexity index is 1500. The molecular formula is C24H24Cl2N7O5P. The topological polar surface area (TPSA) is 155 Å². The van der Waals surface area contributed by atoms with Crippen LogP contribution in [0.25, 0.3) is 0 Å². The van der Waals surface area contributed by atoms with Crippen LogP contribution in [-0.4, -0.2) is 51.6 Å². The van der Waals surface area contributed by atoms with E-state index in [9.17, 15) is 20.2 Å². The fourth-order valence-electron chi connectivity index (χ4n) is 4.19. The number of ether oxygens (including phenoxy) is 1. The third kappa shape index (κ3) is 6.24. The van der Waals surface area contributed by atoms with E-state index in [2.05, 4.69) is 15.5 Å². The van der Waals surface area contributed by atoms with E-state index >= 15 is 4.57 Å². The zero-order chi connectivity index (χ0) is 28.2. The van der Waals surface area contributed by atoms with Crippen LogP contribution in [0.2, 0.25) is 10.0 Å². The quantitative estimate of drug-likeness (QED) is 0.202. The molecule has 12 nitrogen and oxygen atoms in total. The molecule has 2 N–H and O–H groups in total. The second kappa shape index (κ2) is 12.2. The lowest BCUT2D eigenvalue weighted by Crippen LogP contribution is -2.40. The maximum absolute atomic E-state index is 15.1. The number of morpholine rings is 1. The molecule has 1 atom stereocenters.